The number of carbonyl (C=O) groups is 2. The number of aliphatic carboxylic acids is 1. The molecule has 4 saturated carbocycles. The van der Waals surface area contributed by atoms with Gasteiger partial charge in [0.15, 0.2) is 0 Å². The number of phenolic OH excluding ortho intramolecular Hbond substituents is 1. The molecule has 0 aliphatic heterocycles. The van der Waals surface area contributed by atoms with Crippen molar-refractivity contribution in [3.05, 3.63) is 47.6 Å². The fourth-order valence-corrected chi connectivity index (χ4v) is 12.1. The Labute approximate surface area is 274 Å². The van der Waals surface area contributed by atoms with Crippen LogP contribution in [0.3, 0.4) is 0 Å². The van der Waals surface area contributed by atoms with Crippen molar-refractivity contribution in [1.29, 1.82) is 0 Å². The SMILES string of the molecule is C[C@@H]1CC[C@]2(C(=O)O)CC[C@]3(C)C(=CC[C@H]4[C@@]5(C)C[C@@H](O)[C@H](OC(=O)C=Cc6ccc(O)cc6)C(C)(C)[C@H]5CC[C@]43C)[C@@H]2[C@]1(C)O. The van der Waals surface area contributed by atoms with Gasteiger partial charge in [-0.25, -0.2) is 4.79 Å². The summed E-state index contributed by atoms with van der Waals surface area (Å²) in [6.45, 7) is 15.3. The van der Waals surface area contributed by atoms with Gasteiger partial charge in [-0.1, -0.05) is 65.3 Å². The Morgan fingerprint density at radius 2 is 1.61 bits per heavy atom. The number of fused-ring (bicyclic) bond motifs is 7. The summed E-state index contributed by atoms with van der Waals surface area (Å²) in [5.41, 5.74) is -1.25. The molecule has 0 spiro atoms. The van der Waals surface area contributed by atoms with Gasteiger partial charge < -0.3 is 25.2 Å². The zero-order valence-electron chi connectivity index (χ0n) is 28.7. The van der Waals surface area contributed by atoms with Gasteiger partial charge in [0.1, 0.15) is 11.9 Å². The fourth-order valence-electron chi connectivity index (χ4n) is 12.1. The van der Waals surface area contributed by atoms with Crippen LogP contribution in [0.25, 0.3) is 6.08 Å². The molecule has 5 aliphatic rings. The monoisotopic (exact) mass is 634 g/mol. The second kappa shape index (κ2) is 10.7. The molecule has 0 heterocycles. The Kier molecular flexibility index (Phi) is 7.73. The fraction of sp³-hybridized carbons (Fsp3) is 0.692. The first-order chi connectivity index (χ1) is 21.3. The van der Waals surface area contributed by atoms with Crippen LogP contribution in [0.15, 0.2) is 42.0 Å². The number of aliphatic hydroxyl groups excluding tert-OH is 1. The first-order valence-corrected chi connectivity index (χ1v) is 17.4. The van der Waals surface area contributed by atoms with E-state index in [1.165, 1.54) is 6.08 Å². The first kappa shape index (κ1) is 33.3. The topological polar surface area (TPSA) is 124 Å². The predicted molar refractivity (Wildman–Crippen MR) is 176 cm³/mol. The van der Waals surface area contributed by atoms with Crippen LogP contribution in [0.5, 0.6) is 5.75 Å². The molecule has 0 bridgehead atoms. The van der Waals surface area contributed by atoms with E-state index in [0.29, 0.717) is 25.7 Å². The average molecular weight is 635 g/mol. The molecule has 1 aromatic rings. The number of allylic oxidation sites excluding steroid dienone is 1. The molecular weight excluding hydrogens is 580 g/mol. The summed E-state index contributed by atoms with van der Waals surface area (Å²) in [6, 6.07) is 6.57. The lowest BCUT2D eigenvalue weighted by Crippen LogP contribution is -2.69. The Morgan fingerprint density at radius 1 is 0.935 bits per heavy atom. The lowest BCUT2D eigenvalue weighted by Gasteiger charge is -2.72. The number of carboxylic acid groups (broad SMARTS) is 1. The summed E-state index contributed by atoms with van der Waals surface area (Å²) in [4.78, 5) is 26.0. The molecule has 0 amide bonds. The van der Waals surface area contributed by atoms with E-state index in [9.17, 15) is 30.0 Å². The lowest BCUT2D eigenvalue weighted by atomic mass is 9.33. The van der Waals surface area contributed by atoms with Crippen molar-refractivity contribution in [2.24, 2.45) is 50.7 Å². The Balaban J connectivity index is 1.31. The number of benzene rings is 1. The molecular formula is C39H54O7. The van der Waals surface area contributed by atoms with Crippen LogP contribution < -0.4 is 0 Å². The number of rotatable bonds is 4. The van der Waals surface area contributed by atoms with Gasteiger partial charge in [-0.2, -0.15) is 0 Å². The molecule has 46 heavy (non-hydrogen) atoms. The second-order valence-corrected chi connectivity index (χ2v) is 17.2. The standard InChI is InChI=1S/C39H54O7/c1-23-16-19-39(33(43)44)21-20-36(5)26(31(39)38(23,7)45)13-14-29-35(4)22-27(41)32(34(2,3)28(35)17-18-37(29,36)6)46-30(42)15-10-24-8-11-25(40)12-9-24/h8-13,15,23,27-29,31-32,40-41,45H,14,16-22H2,1-7H3,(H,43,44)/t23-,27-,28-,29+,31-,32+,35+,36-,37-,38-,39+/m1/s1. The summed E-state index contributed by atoms with van der Waals surface area (Å²) in [5.74, 6) is -1.07. The van der Waals surface area contributed by atoms with Crippen LogP contribution in [0.2, 0.25) is 0 Å². The van der Waals surface area contributed by atoms with Crippen molar-refractivity contribution in [1.82, 2.24) is 0 Å². The minimum absolute atomic E-state index is 0.0110. The summed E-state index contributed by atoms with van der Waals surface area (Å²) < 4.78 is 6.03. The van der Waals surface area contributed by atoms with Gasteiger partial charge in [0.05, 0.1) is 17.1 Å². The summed E-state index contributed by atoms with van der Waals surface area (Å²) in [5, 5.41) is 44.0. The van der Waals surface area contributed by atoms with Crippen LogP contribution >= 0.6 is 0 Å². The second-order valence-electron chi connectivity index (χ2n) is 17.2. The van der Waals surface area contributed by atoms with E-state index in [1.807, 2.05) is 6.92 Å². The van der Waals surface area contributed by atoms with Gasteiger partial charge in [-0.3, -0.25) is 4.79 Å². The van der Waals surface area contributed by atoms with Crippen LogP contribution in [-0.4, -0.2) is 50.2 Å². The smallest absolute Gasteiger partial charge is 0.331 e. The van der Waals surface area contributed by atoms with Crippen molar-refractivity contribution in [3.63, 3.8) is 0 Å². The average Bonchev–Trinajstić information content (AvgIpc) is 2.97. The van der Waals surface area contributed by atoms with E-state index < -0.39 is 46.5 Å². The molecule has 4 fully saturated rings. The minimum atomic E-state index is -1.11. The molecule has 0 aromatic heterocycles. The highest BCUT2D eigenvalue weighted by atomic mass is 16.6. The normalized spacial score (nSPS) is 46.2. The molecule has 5 aliphatic carbocycles. The molecule has 0 radical (unpaired) electrons. The van der Waals surface area contributed by atoms with Crippen LogP contribution in [-0.2, 0) is 14.3 Å². The number of hydrogen-bond acceptors (Lipinski definition) is 6. The zero-order chi connectivity index (χ0) is 33.7. The van der Waals surface area contributed by atoms with Crippen LogP contribution in [0.1, 0.15) is 105 Å². The van der Waals surface area contributed by atoms with Crippen molar-refractivity contribution in [3.8, 4) is 5.75 Å². The molecule has 7 heteroatoms. The van der Waals surface area contributed by atoms with Gasteiger partial charge >= 0.3 is 11.9 Å². The first-order valence-electron chi connectivity index (χ1n) is 17.4. The third-order valence-electron chi connectivity index (χ3n) is 14.9. The molecule has 7 nitrogen and oxygen atoms in total. The van der Waals surface area contributed by atoms with E-state index in [2.05, 4.69) is 47.6 Å². The van der Waals surface area contributed by atoms with Crippen molar-refractivity contribution in [2.45, 2.75) is 118 Å². The molecule has 0 unspecified atom stereocenters. The van der Waals surface area contributed by atoms with E-state index in [1.54, 1.807) is 30.3 Å². The number of aliphatic hydroxyl groups is 2. The molecule has 0 saturated heterocycles. The highest BCUT2D eigenvalue weighted by Crippen LogP contribution is 2.76. The van der Waals surface area contributed by atoms with Gasteiger partial charge in [0.25, 0.3) is 0 Å². The number of esters is 1. The summed E-state index contributed by atoms with van der Waals surface area (Å²) in [7, 11) is 0. The molecule has 4 N–H and O–H groups in total. The number of carboxylic acids is 1. The van der Waals surface area contributed by atoms with Gasteiger partial charge in [-0.15, -0.1) is 0 Å². The predicted octanol–water partition coefficient (Wildman–Crippen LogP) is 7.15. The van der Waals surface area contributed by atoms with Crippen molar-refractivity contribution in [2.75, 3.05) is 0 Å². The zero-order valence-corrected chi connectivity index (χ0v) is 28.7. The van der Waals surface area contributed by atoms with Crippen molar-refractivity contribution < 1.29 is 34.8 Å². The van der Waals surface area contributed by atoms with E-state index in [4.69, 9.17) is 4.74 Å². The van der Waals surface area contributed by atoms with Gasteiger partial charge in [0, 0.05) is 17.4 Å². The third-order valence-corrected chi connectivity index (χ3v) is 14.9. The molecule has 6 rings (SSSR count). The number of ether oxygens (including phenoxy) is 1. The molecule has 1 aromatic carbocycles. The highest BCUT2D eigenvalue weighted by molar-refractivity contribution is 5.87. The molecule has 11 atom stereocenters. The van der Waals surface area contributed by atoms with E-state index >= 15 is 0 Å². The number of hydrogen-bond donors (Lipinski definition) is 4. The number of carbonyl (C=O) groups excluding carboxylic acids is 1. The Hall–Kier alpha value is -2.64. The third kappa shape index (κ3) is 4.50. The van der Waals surface area contributed by atoms with Gasteiger partial charge in [-0.05, 0) is 116 Å². The largest absolute Gasteiger partial charge is 0.508 e. The Bertz CT molecular complexity index is 1460. The quantitative estimate of drug-likeness (QED) is 0.158. The maximum absolute atomic E-state index is 13.0. The number of aromatic hydroxyl groups is 1. The van der Waals surface area contributed by atoms with Gasteiger partial charge in [0.2, 0.25) is 0 Å². The van der Waals surface area contributed by atoms with E-state index in [0.717, 1.165) is 36.8 Å². The lowest BCUT2D eigenvalue weighted by molar-refractivity contribution is -0.242. The maximum Gasteiger partial charge on any atom is 0.331 e. The minimum Gasteiger partial charge on any atom is -0.508 e. The number of phenols is 1. The summed E-state index contributed by atoms with van der Waals surface area (Å²) >= 11 is 0. The maximum atomic E-state index is 13.0. The van der Waals surface area contributed by atoms with Crippen LogP contribution in [0.4, 0.5) is 0 Å². The van der Waals surface area contributed by atoms with Crippen LogP contribution in [0, 0.1) is 50.7 Å². The summed E-state index contributed by atoms with van der Waals surface area (Å²) in [6.07, 6.45) is 9.72. The Morgan fingerprint density at radius 3 is 2.26 bits per heavy atom. The van der Waals surface area contributed by atoms with Crippen molar-refractivity contribution >= 4 is 18.0 Å². The highest BCUT2D eigenvalue weighted by Gasteiger charge is 2.72. The molecule has 252 valence electrons. The van der Waals surface area contributed by atoms with E-state index in [-0.39, 0.29) is 39.7 Å².